The normalized spacial score (nSPS) is 19.8. The molecule has 1 aliphatic rings. The van der Waals surface area contributed by atoms with Gasteiger partial charge < -0.3 is 11.1 Å². The van der Waals surface area contributed by atoms with Crippen molar-refractivity contribution in [2.45, 2.75) is 45.6 Å². The van der Waals surface area contributed by atoms with Gasteiger partial charge in [0.1, 0.15) is 0 Å². The van der Waals surface area contributed by atoms with Crippen LogP contribution in [0.4, 0.5) is 0 Å². The summed E-state index contributed by atoms with van der Waals surface area (Å²) >= 11 is 0. The number of nitrogens with two attached hydrogens (primary N) is 1. The van der Waals surface area contributed by atoms with E-state index in [9.17, 15) is 4.79 Å². The molecule has 0 saturated carbocycles. The van der Waals surface area contributed by atoms with E-state index in [1.165, 1.54) is 5.56 Å². The lowest BCUT2D eigenvalue weighted by atomic mass is 9.89. The molecule has 6 nitrogen and oxygen atoms in total. The summed E-state index contributed by atoms with van der Waals surface area (Å²) in [4.78, 5) is 14.6. The fraction of sp³-hybridized carbons (Fsp3) is 0.765. The number of nitrogens with zero attached hydrogens (tertiary/aromatic N) is 3. The smallest absolute Gasteiger partial charge is 0.224 e. The number of rotatable bonds is 5. The van der Waals surface area contributed by atoms with Crippen molar-refractivity contribution in [2.24, 2.45) is 18.7 Å². The highest BCUT2D eigenvalue weighted by Gasteiger charge is 2.28. The first-order valence-corrected chi connectivity index (χ1v) is 8.54. The first kappa shape index (κ1) is 17.9. The van der Waals surface area contributed by atoms with E-state index in [1.54, 1.807) is 0 Å². The third-order valence-electron chi connectivity index (χ3n) is 4.33. The van der Waals surface area contributed by atoms with Gasteiger partial charge in [0.15, 0.2) is 0 Å². The van der Waals surface area contributed by atoms with Crippen LogP contribution in [0, 0.1) is 5.92 Å². The van der Waals surface area contributed by atoms with Gasteiger partial charge in [0.25, 0.3) is 0 Å². The van der Waals surface area contributed by atoms with Crippen molar-refractivity contribution in [3.8, 4) is 0 Å². The molecule has 23 heavy (non-hydrogen) atoms. The minimum Gasteiger partial charge on any atom is -0.355 e. The molecule has 0 aliphatic carbocycles. The molecule has 2 heterocycles. The van der Waals surface area contributed by atoms with E-state index in [4.69, 9.17) is 5.73 Å². The van der Waals surface area contributed by atoms with Gasteiger partial charge in [0, 0.05) is 50.4 Å². The van der Waals surface area contributed by atoms with Gasteiger partial charge >= 0.3 is 0 Å². The molecule has 3 N–H and O–H groups in total. The van der Waals surface area contributed by atoms with Gasteiger partial charge in [-0.05, 0) is 19.4 Å². The maximum Gasteiger partial charge on any atom is 0.224 e. The second kappa shape index (κ2) is 7.45. The fourth-order valence-corrected chi connectivity index (χ4v) is 3.28. The SMILES string of the molecule is Cn1cc(CN2CCCC(C(=O)NCCN)C2)c(C(C)(C)C)n1. The van der Waals surface area contributed by atoms with Crippen LogP contribution < -0.4 is 11.1 Å². The maximum atomic E-state index is 12.2. The molecule has 0 radical (unpaired) electrons. The zero-order chi connectivity index (χ0) is 17.0. The Morgan fingerprint density at radius 2 is 2.22 bits per heavy atom. The minimum absolute atomic E-state index is 0.0320. The molecular formula is C17H31N5O. The first-order valence-electron chi connectivity index (χ1n) is 8.54. The summed E-state index contributed by atoms with van der Waals surface area (Å²) in [5.41, 5.74) is 7.91. The largest absolute Gasteiger partial charge is 0.355 e. The van der Waals surface area contributed by atoms with Crippen molar-refractivity contribution in [2.75, 3.05) is 26.2 Å². The first-order chi connectivity index (χ1) is 10.8. The van der Waals surface area contributed by atoms with Crippen LogP contribution in [0.25, 0.3) is 0 Å². The van der Waals surface area contributed by atoms with E-state index in [1.807, 2.05) is 11.7 Å². The van der Waals surface area contributed by atoms with Crippen LogP contribution in [0.15, 0.2) is 6.20 Å². The molecule has 1 aliphatic heterocycles. The van der Waals surface area contributed by atoms with Crippen molar-refractivity contribution in [3.05, 3.63) is 17.5 Å². The van der Waals surface area contributed by atoms with Gasteiger partial charge in [0.2, 0.25) is 5.91 Å². The summed E-state index contributed by atoms with van der Waals surface area (Å²) in [7, 11) is 1.97. The molecule has 0 bridgehead atoms. The van der Waals surface area contributed by atoms with Crippen molar-refractivity contribution in [3.63, 3.8) is 0 Å². The van der Waals surface area contributed by atoms with Crippen molar-refractivity contribution in [1.29, 1.82) is 0 Å². The highest BCUT2D eigenvalue weighted by atomic mass is 16.1. The Kier molecular flexibility index (Phi) is 5.81. The Labute approximate surface area is 139 Å². The molecule has 1 amide bonds. The molecule has 0 aromatic carbocycles. The van der Waals surface area contributed by atoms with E-state index in [0.717, 1.165) is 38.2 Å². The second-order valence-electron chi connectivity index (χ2n) is 7.58. The average Bonchev–Trinajstić information content (AvgIpc) is 2.86. The summed E-state index contributed by atoms with van der Waals surface area (Å²) in [6.45, 7) is 10.3. The molecule has 1 aromatic heterocycles. The van der Waals surface area contributed by atoms with Gasteiger partial charge in [-0.3, -0.25) is 14.4 Å². The average molecular weight is 321 g/mol. The Morgan fingerprint density at radius 1 is 1.48 bits per heavy atom. The standard InChI is InChI=1S/C17H31N5O/c1-17(2,3)15-14(10-21(4)20-15)12-22-9-5-6-13(11-22)16(23)19-8-7-18/h10,13H,5-9,11-12,18H2,1-4H3,(H,19,23). The summed E-state index contributed by atoms with van der Waals surface area (Å²) in [6.07, 6.45) is 4.14. The number of nitrogens with one attached hydrogen (secondary N) is 1. The van der Waals surface area contributed by atoms with E-state index >= 15 is 0 Å². The van der Waals surface area contributed by atoms with Crippen LogP contribution in [0.5, 0.6) is 0 Å². The number of amides is 1. The quantitative estimate of drug-likeness (QED) is 0.848. The second-order valence-corrected chi connectivity index (χ2v) is 7.58. The minimum atomic E-state index is 0.0320. The third-order valence-corrected chi connectivity index (χ3v) is 4.33. The Morgan fingerprint density at radius 3 is 2.87 bits per heavy atom. The van der Waals surface area contributed by atoms with E-state index in [2.05, 4.69) is 42.3 Å². The maximum absolute atomic E-state index is 12.2. The van der Waals surface area contributed by atoms with Crippen LogP contribution in [0.1, 0.15) is 44.9 Å². The Hall–Kier alpha value is -1.40. The van der Waals surface area contributed by atoms with Crippen LogP contribution in [-0.4, -0.2) is 46.8 Å². The fourth-order valence-electron chi connectivity index (χ4n) is 3.28. The number of hydrogen-bond acceptors (Lipinski definition) is 4. The van der Waals surface area contributed by atoms with Crippen LogP contribution in [0.2, 0.25) is 0 Å². The van der Waals surface area contributed by atoms with Crippen LogP contribution in [-0.2, 0) is 23.8 Å². The van der Waals surface area contributed by atoms with Crippen molar-refractivity contribution in [1.82, 2.24) is 20.0 Å². The van der Waals surface area contributed by atoms with Gasteiger partial charge in [0.05, 0.1) is 11.6 Å². The molecule has 130 valence electrons. The van der Waals surface area contributed by atoms with Gasteiger partial charge in [-0.15, -0.1) is 0 Å². The van der Waals surface area contributed by atoms with Crippen LogP contribution >= 0.6 is 0 Å². The van der Waals surface area contributed by atoms with Crippen molar-refractivity contribution >= 4 is 5.91 Å². The van der Waals surface area contributed by atoms with Gasteiger partial charge in [-0.2, -0.15) is 5.10 Å². The molecule has 0 spiro atoms. The number of piperidine rings is 1. The summed E-state index contributed by atoms with van der Waals surface area (Å²) in [6, 6.07) is 0. The molecular weight excluding hydrogens is 290 g/mol. The predicted molar refractivity (Wildman–Crippen MR) is 92.0 cm³/mol. The number of carbonyl (C=O) groups is 1. The molecule has 1 atom stereocenters. The molecule has 1 saturated heterocycles. The Balaban J connectivity index is 2.02. The molecule has 1 fully saturated rings. The molecule has 1 unspecified atom stereocenters. The van der Waals surface area contributed by atoms with Gasteiger partial charge in [-0.1, -0.05) is 20.8 Å². The summed E-state index contributed by atoms with van der Waals surface area (Å²) < 4.78 is 1.89. The van der Waals surface area contributed by atoms with Crippen LogP contribution in [0.3, 0.4) is 0 Å². The van der Waals surface area contributed by atoms with Gasteiger partial charge in [-0.25, -0.2) is 0 Å². The predicted octanol–water partition coefficient (Wildman–Crippen LogP) is 1.00. The number of hydrogen-bond donors (Lipinski definition) is 2. The molecule has 1 aromatic rings. The number of aryl methyl sites for hydroxylation is 1. The highest BCUT2D eigenvalue weighted by molar-refractivity contribution is 5.78. The summed E-state index contributed by atoms with van der Waals surface area (Å²) in [5, 5.41) is 7.56. The zero-order valence-electron chi connectivity index (χ0n) is 14.9. The highest BCUT2D eigenvalue weighted by Crippen LogP contribution is 2.26. The number of carbonyl (C=O) groups excluding carboxylic acids is 1. The monoisotopic (exact) mass is 321 g/mol. The lowest BCUT2D eigenvalue weighted by Crippen LogP contribution is -2.43. The van der Waals surface area contributed by atoms with Crippen molar-refractivity contribution < 1.29 is 4.79 Å². The zero-order valence-corrected chi connectivity index (χ0v) is 14.9. The number of likely N-dealkylation sites (tertiary alicyclic amines) is 1. The third kappa shape index (κ3) is 4.78. The summed E-state index contributed by atoms with van der Waals surface area (Å²) in [5.74, 6) is 0.215. The Bertz CT molecular complexity index is 532. The topological polar surface area (TPSA) is 76.2 Å². The lowest BCUT2D eigenvalue weighted by Gasteiger charge is -2.32. The van der Waals surface area contributed by atoms with E-state index in [0.29, 0.717) is 13.1 Å². The molecule has 6 heteroatoms. The number of aromatic nitrogens is 2. The lowest BCUT2D eigenvalue weighted by molar-refractivity contribution is -0.126. The molecule has 2 rings (SSSR count). The van der Waals surface area contributed by atoms with E-state index < -0.39 is 0 Å². The van der Waals surface area contributed by atoms with E-state index in [-0.39, 0.29) is 17.2 Å².